The van der Waals surface area contributed by atoms with Crippen LogP contribution in [0.2, 0.25) is 0 Å². The molecule has 0 atom stereocenters. The van der Waals surface area contributed by atoms with Crippen molar-refractivity contribution in [1.29, 1.82) is 0 Å². The first kappa shape index (κ1) is 14.1. The van der Waals surface area contributed by atoms with Gasteiger partial charge >= 0.3 is 0 Å². The molecule has 0 aliphatic rings. The van der Waals surface area contributed by atoms with Crippen molar-refractivity contribution in [3.05, 3.63) is 78.4 Å². The minimum absolute atomic E-state index is 0.911. The fourth-order valence-electron chi connectivity index (χ4n) is 2.60. The Kier molecular flexibility index (Phi) is 4.05. The van der Waals surface area contributed by atoms with E-state index in [1.807, 2.05) is 43.0 Å². The van der Waals surface area contributed by atoms with Gasteiger partial charge in [-0.3, -0.25) is 4.99 Å². The van der Waals surface area contributed by atoms with E-state index in [2.05, 4.69) is 59.1 Å². The van der Waals surface area contributed by atoms with E-state index in [0.29, 0.717) is 0 Å². The highest BCUT2D eigenvalue weighted by Gasteiger charge is 2.07. The molecule has 0 saturated heterocycles. The van der Waals surface area contributed by atoms with Crippen molar-refractivity contribution >= 4 is 0 Å². The highest BCUT2D eigenvalue weighted by atomic mass is 15.4. The number of benzene rings is 2. The predicted molar refractivity (Wildman–Crippen MR) is 92.1 cm³/mol. The summed E-state index contributed by atoms with van der Waals surface area (Å²) in [5, 5.41) is 0. The molecule has 1 N–H and O–H groups in total. The number of aromatic nitrogens is 1. The largest absolute Gasteiger partial charge is 0.328 e. The van der Waals surface area contributed by atoms with Gasteiger partial charge in [-0.25, -0.2) is 4.68 Å². The Labute approximate surface area is 130 Å². The van der Waals surface area contributed by atoms with Gasteiger partial charge in [0.05, 0.1) is 0 Å². The van der Waals surface area contributed by atoms with Crippen molar-refractivity contribution in [2.24, 2.45) is 4.99 Å². The standard InChI is InChI=1S/C19H19N3/c1-20-19-18(16-11-7-4-8-12-16)13-17(14-22(19)21-2)15-9-5-3-6-10-15/h3-14,21H,1-2H3. The molecule has 0 amide bonds. The van der Waals surface area contributed by atoms with Crippen LogP contribution in [-0.4, -0.2) is 18.8 Å². The van der Waals surface area contributed by atoms with Crippen LogP contribution in [0.15, 0.2) is 77.9 Å². The molecule has 22 heavy (non-hydrogen) atoms. The third kappa shape index (κ3) is 2.66. The van der Waals surface area contributed by atoms with Gasteiger partial charge in [0.1, 0.15) is 0 Å². The summed E-state index contributed by atoms with van der Waals surface area (Å²) in [7, 11) is 3.72. The summed E-state index contributed by atoms with van der Waals surface area (Å²) in [4.78, 5) is 4.45. The summed E-state index contributed by atoms with van der Waals surface area (Å²) in [6.07, 6.45) is 2.07. The number of nitrogens with one attached hydrogen (secondary N) is 1. The molecule has 3 rings (SSSR count). The zero-order valence-electron chi connectivity index (χ0n) is 12.8. The lowest BCUT2D eigenvalue weighted by Gasteiger charge is -2.14. The van der Waals surface area contributed by atoms with Gasteiger partial charge in [0.25, 0.3) is 0 Å². The molecule has 0 saturated carbocycles. The van der Waals surface area contributed by atoms with E-state index in [4.69, 9.17) is 0 Å². The van der Waals surface area contributed by atoms with Gasteiger partial charge in [-0.15, -0.1) is 0 Å². The number of hydrogen-bond acceptors (Lipinski definition) is 2. The first-order chi connectivity index (χ1) is 10.8. The SMILES string of the molecule is CN=c1c(-c2ccccc2)cc(-c2ccccc2)cn1NC. The zero-order chi connectivity index (χ0) is 15.4. The Morgan fingerprint density at radius 3 is 1.95 bits per heavy atom. The summed E-state index contributed by atoms with van der Waals surface area (Å²) in [5.41, 5.74) is 8.71. The van der Waals surface area contributed by atoms with E-state index in [1.54, 1.807) is 0 Å². The molecule has 3 heteroatoms. The molecule has 0 fully saturated rings. The minimum atomic E-state index is 0.911. The Hall–Kier alpha value is -2.81. The summed E-state index contributed by atoms with van der Waals surface area (Å²) in [5.74, 6) is 0. The monoisotopic (exact) mass is 289 g/mol. The normalized spacial score (nSPS) is 11.5. The molecule has 0 bridgehead atoms. The second-order valence-corrected chi connectivity index (χ2v) is 5.02. The fourth-order valence-corrected chi connectivity index (χ4v) is 2.60. The first-order valence-corrected chi connectivity index (χ1v) is 7.31. The van der Waals surface area contributed by atoms with Crippen molar-refractivity contribution in [1.82, 2.24) is 4.68 Å². The van der Waals surface area contributed by atoms with Gasteiger partial charge < -0.3 is 5.43 Å². The summed E-state index contributed by atoms with van der Waals surface area (Å²) in [6, 6.07) is 22.9. The maximum absolute atomic E-state index is 4.45. The molecule has 0 spiro atoms. The van der Waals surface area contributed by atoms with Crippen LogP contribution in [0.1, 0.15) is 0 Å². The Morgan fingerprint density at radius 1 is 0.818 bits per heavy atom. The maximum atomic E-state index is 4.45. The predicted octanol–water partition coefficient (Wildman–Crippen LogP) is 3.53. The molecule has 0 unspecified atom stereocenters. The maximum Gasteiger partial charge on any atom is 0.154 e. The van der Waals surface area contributed by atoms with Gasteiger partial charge in [-0.2, -0.15) is 0 Å². The average Bonchev–Trinajstić information content (AvgIpc) is 2.62. The summed E-state index contributed by atoms with van der Waals surface area (Å²) < 4.78 is 1.96. The molecule has 2 aromatic carbocycles. The van der Waals surface area contributed by atoms with Crippen LogP contribution in [0.4, 0.5) is 0 Å². The highest BCUT2D eigenvalue weighted by Crippen LogP contribution is 2.23. The van der Waals surface area contributed by atoms with Gasteiger partial charge in [0.2, 0.25) is 0 Å². The topological polar surface area (TPSA) is 29.3 Å². The van der Waals surface area contributed by atoms with Gasteiger partial charge in [0.15, 0.2) is 5.49 Å². The highest BCUT2D eigenvalue weighted by molar-refractivity contribution is 5.71. The molecule has 1 aromatic heterocycles. The third-order valence-corrected chi connectivity index (χ3v) is 3.68. The van der Waals surface area contributed by atoms with E-state index in [9.17, 15) is 0 Å². The van der Waals surface area contributed by atoms with E-state index in [-0.39, 0.29) is 0 Å². The fraction of sp³-hybridized carbons (Fsp3) is 0.105. The minimum Gasteiger partial charge on any atom is -0.328 e. The molecule has 110 valence electrons. The quantitative estimate of drug-likeness (QED) is 0.785. The van der Waals surface area contributed by atoms with Gasteiger partial charge in [-0.1, -0.05) is 60.7 Å². The average molecular weight is 289 g/mol. The Bertz CT molecular complexity index is 818. The molecule has 3 nitrogen and oxygen atoms in total. The Morgan fingerprint density at radius 2 is 1.41 bits per heavy atom. The third-order valence-electron chi connectivity index (χ3n) is 3.68. The smallest absolute Gasteiger partial charge is 0.154 e. The van der Waals surface area contributed by atoms with E-state index in [1.165, 1.54) is 5.56 Å². The molecule has 0 aliphatic heterocycles. The molecular formula is C19H19N3. The first-order valence-electron chi connectivity index (χ1n) is 7.31. The summed E-state index contributed by atoms with van der Waals surface area (Å²) >= 11 is 0. The number of hydrogen-bond donors (Lipinski definition) is 1. The van der Waals surface area contributed by atoms with E-state index in [0.717, 1.165) is 22.2 Å². The van der Waals surface area contributed by atoms with Gasteiger partial charge in [-0.05, 0) is 17.2 Å². The molecule has 0 radical (unpaired) electrons. The van der Waals surface area contributed by atoms with Crippen molar-refractivity contribution in [3.8, 4) is 22.3 Å². The number of pyridine rings is 1. The number of nitrogens with zero attached hydrogens (tertiary/aromatic N) is 2. The van der Waals surface area contributed by atoms with Crippen LogP contribution >= 0.6 is 0 Å². The lowest BCUT2D eigenvalue weighted by molar-refractivity contribution is 0.845. The van der Waals surface area contributed by atoms with Crippen LogP contribution in [0.5, 0.6) is 0 Å². The lowest BCUT2D eigenvalue weighted by Crippen LogP contribution is -2.28. The van der Waals surface area contributed by atoms with Crippen LogP contribution in [0.25, 0.3) is 22.3 Å². The second kappa shape index (κ2) is 6.31. The zero-order valence-corrected chi connectivity index (χ0v) is 12.8. The lowest BCUT2D eigenvalue weighted by atomic mass is 10.0. The van der Waals surface area contributed by atoms with Crippen LogP contribution in [0.3, 0.4) is 0 Å². The van der Waals surface area contributed by atoms with Crippen LogP contribution in [-0.2, 0) is 0 Å². The van der Waals surface area contributed by atoms with Crippen LogP contribution in [0, 0.1) is 0 Å². The van der Waals surface area contributed by atoms with Crippen LogP contribution < -0.4 is 10.9 Å². The number of rotatable bonds is 3. The molecular weight excluding hydrogens is 270 g/mol. The van der Waals surface area contributed by atoms with Gasteiger partial charge in [0, 0.05) is 31.4 Å². The van der Waals surface area contributed by atoms with E-state index < -0.39 is 0 Å². The van der Waals surface area contributed by atoms with E-state index >= 15 is 0 Å². The van der Waals surface area contributed by atoms with Crippen molar-refractivity contribution in [2.75, 3.05) is 19.5 Å². The van der Waals surface area contributed by atoms with Crippen molar-refractivity contribution in [2.45, 2.75) is 0 Å². The Balaban J connectivity index is 2.28. The molecule has 0 aliphatic carbocycles. The van der Waals surface area contributed by atoms with Crippen molar-refractivity contribution in [3.63, 3.8) is 0 Å². The second-order valence-electron chi connectivity index (χ2n) is 5.02. The molecule has 1 heterocycles. The molecule has 3 aromatic rings. The summed E-state index contributed by atoms with van der Waals surface area (Å²) in [6.45, 7) is 0. The van der Waals surface area contributed by atoms with Crippen molar-refractivity contribution < 1.29 is 0 Å².